The van der Waals surface area contributed by atoms with E-state index in [0.717, 1.165) is 12.1 Å². The van der Waals surface area contributed by atoms with E-state index >= 15 is 0 Å². The number of nitrogens with zero attached hydrogens (tertiary/aromatic N) is 1. The van der Waals surface area contributed by atoms with Gasteiger partial charge in [-0.2, -0.15) is 13.2 Å². The standard InChI is InChI=1S/C8H8F3NO3S/c1-15-12(8(9,10)11)16(13,14)7-5-3-2-4-6-7/h2-6H,1H3. The van der Waals surface area contributed by atoms with Crippen LogP contribution in [0.3, 0.4) is 0 Å². The van der Waals surface area contributed by atoms with E-state index < -0.39 is 25.7 Å². The van der Waals surface area contributed by atoms with E-state index in [1.165, 1.54) is 18.2 Å². The molecule has 1 rings (SSSR count). The van der Waals surface area contributed by atoms with Crippen LogP contribution in [0.25, 0.3) is 0 Å². The van der Waals surface area contributed by atoms with Gasteiger partial charge in [0.1, 0.15) is 0 Å². The Morgan fingerprint density at radius 1 is 1.19 bits per heavy atom. The minimum Gasteiger partial charge on any atom is -0.280 e. The normalized spacial score (nSPS) is 13.1. The molecule has 0 aromatic heterocycles. The van der Waals surface area contributed by atoms with Gasteiger partial charge in [0.25, 0.3) is 10.0 Å². The van der Waals surface area contributed by atoms with Crippen LogP contribution in [0.5, 0.6) is 0 Å². The van der Waals surface area contributed by atoms with Crippen LogP contribution in [0.4, 0.5) is 13.2 Å². The molecule has 0 saturated carbocycles. The van der Waals surface area contributed by atoms with E-state index in [-0.39, 0.29) is 0 Å². The van der Waals surface area contributed by atoms with Crippen molar-refractivity contribution in [2.24, 2.45) is 0 Å². The molecule has 1 aromatic carbocycles. The van der Waals surface area contributed by atoms with Crippen molar-refractivity contribution in [1.82, 2.24) is 4.47 Å². The molecule has 0 bridgehead atoms. The number of hydrogen-bond acceptors (Lipinski definition) is 3. The predicted octanol–water partition coefficient (Wildman–Crippen LogP) is 1.76. The van der Waals surface area contributed by atoms with Gasteiger partial charge in [-0.25, -0.2) is 8.42 Å². The fraction of sp³-hybridized carbons (Fsp3) is 0.250. The first-order valence-corrected chi connectivity index (χ1v) is 5.45. The van der Waals surface area contributed by atoms with Crippen molar-refractivity contribution in [2.75, 3.05) is 7.11 Å². The quantitative estimate of drug-likeness (QED) is 0.610. The van der Waals surface area contributed by atoms with Crippen molar-refractivity contribution in [3.05, 3.63) is 30.3 Å². The van der Waals surface area contributed by atoms with Crippen molar-refractivity contribution < 1.29 is 26.4 Å². The lowest BCUT2D eigenvalue weighted by atomic mass is 10.4. The van der Waals surface area contributed by atoms with Crippen LogP contribution in [0, 0.1) is 0 Å². The third kappa shape index (κ3) is 2.52. The number of hydrogen-bond donors (Lipinski definition) is 0. The first-order chi connectivity index (χ1) is 7.30. The lowest BCUT2D eigenvalue weighted by Crippen LogP contribution is -2.41. The zero-order valence-corrected chi connectivity index (χ0v) is 8.92. The van der Waals surface area contributed by atoms with E-state index in [0.29, 0.717) is 7.11 Å². The Hall–Kier alpha value is -1.12. The molecule has 0 amide bonds. The third-order valence-electron chi connectivity index (χ3n) is 1.63. The minimum absolute atomic E-state index is 0.492. The smallest absolute Gasteiger partial charge is 0.280 e. The van der Waals surface area contributed by atoms with Gasteiger partial charge in [0, 0.05) is 4.47 Å². The largest absolute Gasteiger partial charge is 0.497 e. The SMILES string of the molecule is CON(C(F)(F)F)S(=O)(=O)c1ccccc1. The van der Waals surface area contributed by atoms with Crippen LogP contribution in [0.2, 0.25) is 0 Å². The fourth-order valence-corrected chi connectivity index (χ4v) is 2.19. The summed E-state index contributed by atoms with van der Waals surface area (Å²) in [6.07, 6.45) is -5.12. The van der Waals surface area contributed by atoms with Crippen LogP contribution >= 0.6 is 0 Å². The molecule has 16 heavy (non-hydrogen) atoms. The maximum Gasteiger partial charge on any atom is 0.497 e. The number of benzene rings is 1. The number of halogens is 3. The molecule has 1 aromatic rings. The molecule has 0 atom stereocenters. The zero-order valence-electron chi connectivity index (χ0n) is 8.10. The van der Waals surface area contributed by atoms with Crippen molar-refractivity contribution in [1.29, 1.82) is 0 Å². The maximum absolute atomic E-state index is 12.3. The van der Waals surface area contributed by atoms with Gasteiger partial charge in [-0.1, -0.05) is 18.2 Å². The average Bonchev–Trinajstić information content (AvgIpc) is 2.17. The zero-order chi connectivity index (χ0) is 12.4. The van der Waals surface area contributed by atoms with Crippen molar-refractivity contribution in [3.8, 4) is 0 Å². The fourth-order valence-electron chi connectivity index (χ4n) is 1.03. The second-order valence-electron chi connectivity index (χ2n) is 2.70. The molecule has 8 heteroatoms. The molecule has 0 saturated heterocycles. The van der Waals surface area contributed by atoms with Gasteiger partial charge >= 0.3 is 6.30 Å². The maximum atomic E-state index is 12.3. The molecule has 90 valence electrons. The Balaban J connectivity index is 3.21. The van der Waals surface area contributed by atoms with Crippen molar-refractivity contribution >= 4 is 10.0 Å². The molecule has 0 unspecified atom stereocenters. The second-order valence-corrected chi connectivity index (χ2v) is 4.45. The molecular formula is C8H8F3NO3S. The van der Waals surface area contributed by atoms with Gasteiger partial charge in [0.2, 0.25) is 0 Å². The van der Waals surface area contributed by atoms with Gasteiger partial charge in [-0.15, -0.1) is 0 Å². The van der Waals surface area contributed by atoms with E-state index in [2.05, 4.69) is 4.84 Å². The summed E-state index contributed by atoms with van der Waals surface area (Å²) in [7, 11) is -4.09. The van der Waals surface area contributed by atoms with E-state index in [4.69, 9.17) is 0 Å². The molecule has 0 aliphatic heterocycles. The van der Waals surface area contributed by atoms with E-state index in [9.17, 15) is 21.6 Å². The van der Waals surface area contributed by atoms with Crippen LogP contribution in [-0.2, 0) is 14.9 Å². The minimum atomic E-state index is -5.12. The van der Waals surface area contributed by atoms with Crippen molar-refractivity contribution in [2.45, 2.75) is 11.2 Å². The molecule has 0 radical (unpaired) electrons. The Morgan fingerprint density at radius 2 is 1.69 bits per heavy atom. The first-order valence-electron chi connectivity index (χ1n) is 4.01. The number of rotatable bonds is 3. The summed E-state index contributed by atoms with van der Waals surface area (Å²) in [5.41, 5.74) is 0. The predicted molar refractivity (Wildman–Crippen MR) is 48.5 cm³/mol. The lowest BCUT2D eigenvalue weighted by molar-refractivity contribution is -0.313. The van der Waals surface area contributed by atoms with Gasteiger partial charge < -0.3 is 0 Å². The summed E-state index contributed by atoms with van der Waals surface area (Å²) in [5, 5.41) is 0. The highest BCUT2D eigenvalue weighted by atomic mass is 32.2. The molecule has 0 N–H and O–H groups in total. The van der Waals surface area contributed by atoms with Crippen LogP contribution in [-0.4, -0.2) is 26.3 Å². The van der Waals surface area contributed by atoms with Crippen LogP contribution in [0.15, 0.2) is 35.2 Å². The number of hydroxylamine groups is 1. The summed E-state index contributed by atoms with van der Waals surface area (Å²) < 4.78 is 59.0. The summed E-state index contributed by atoms with van der Waals surface area (Å²) in [4.78, 5) is 3.36. The molecule has 0 aliphatic carbocycles. The highest BCUT2D eigenvalue weighted by Crippen LogP contribution is 2.28. The molecule has 4 nitrogen and oxygen atoms in total. The van der Waals surface area contributed by atoms with Gasteiger partial charge in [-0.3, -0.25) is 4.84 Å². The van der Waals surface area contributed by atoms with Gasteiger partial charge in [-0.05, 0) is 12.1 Å². The first kappa shape index (κ1) is 12.9. The number of sulfonamides is 1. The molecule has 0 spiro atoms. The van der Waals surface area contributed by atoms with Crippen molar-refractivity contribution in [3.63, 3.8) is 0 Å². The molecular weight excluding hydrogens is 247 g/mol. The summed E-state index contributed by atoms with van der Waals surface area (Å²) in [6, 6.07) is 6.22. The van der Waals surface area contributed by atoms with Crippen LogP contribution < -0.4 is 0 Å². The van der Waals surface area contributed by atoms with E-state index in [1.807, 2.05) is 0 Å². The highest BCUT2D eigenvalue weighted by Gasteiger charge is 2.47. The average molecular weight is 255 g/mol. The van der Waals surface area contributed by atoms with E-state index in [1.54, 1.807) is 0 Å². The third-order valence-corrected chi connectivity index (χ3v) is 3.29. The topological polar surface area (TPSA) is 46.6 Å². The Bertz CT molecular complexity index is 443. The Morgan fingerprint density at radius 3 is 2.06 bits per heavy atom. The second kappa shape index (κ2) is 4.40. The summed E-state index contributed by atoms with van der Waals surface area (Å²) >= 11 is 0. The molecule has 0 heterocycles. The van der Waals surface area contributed by atoms with Gasteiger partial charge in [0.05, 0.1) is 12.0 Å². The molecule has 0 aliphatic rings. The highest BCUT2D eigenvalue weighted by molar-refractivity contribution is 7.89. The number of alkyl halides is 3. The van der Waals surface area contributed by atoms with Gasteiger partial charge in [0.15, 0.2) is 0 Å². The summed E-state index contributed by atoms with van der Waals surface area (Å²) in [6.45, 7) is 0. The Labute approximate surface area is 90.2 Å². The van der Waals surface area contributed by atoms with Crippen LogP contribution in [0.1, 0.15) is 0 Å². The monoisotopic (exact) mass is 255 g/mol. The lowest BCUT2D eigenvalue weighted by Gasteiger charge is -2.21. The summed E-state index contributed by atoms with van der Waals surface area (Å²) in [5.74, 6) is 0. The Kier molecular flexibility index (Phi) is 3.56. The molecule has 0 fully saturated rings.